The lowest BCUT2D eigenvalue weighted by Crippen LogP contribution is -2.54. The number of fused-ring (bicyclic) bond motifs is 1. The topological polar surface area (TPSA) is 75.9 Å². The van der Waals surface area contributed by atoms with Crippen molar-refractivity contribution in [3.05, 3.63) is 34.9 Å². The zero-order valence-corrected chi connectivity index (χ0v) is 21.4. The van der Waals surface area contributed by atoms with Gasteiger partial charge in [-0.25, -0.2) is 0 Å². The number of nitrogens with zero attached hydrogens (tertiary/aromatic N) is 2. The highest BCUT2D eigenvalue weighted by Crippen LogP contribution is 2.49. The molecule has 212 valence electrons. The third-order valence-corrected chi connectivity index (χ3v) is 8.44. The first-order valence-electron chi connectivity index (χ1n) is 12.9. The minimum Gasteiger partial charge on any atom is -0.381 e. The predicted molar refractivity (Wildman–Crippen MR) is 125 cm³/mol. The quantitative estimate of drug-likeness (QED) is 0.547. The summed E-state index contributed by atoms with van der Waals surface area (Å²) in [7, 11) is 0. The number of benzene rings is 1. The van der Waals surface area contributed by atoms with Gasteiger partial charge in [-0.05, 0) is 61.3 Å². The Bertz CT molecular complexity index is 1050. The Morgan fingerprint density at radius 1 is 1.08 bits per heavy atom. The first-order valence-corrected chi connectivity index (χ1v) is 12.9. The molecule has 1 aliphatic carbocycles. The molecular weight excluding hydrogens is 516 g/mol. The van der Waals surface area contributed by atoms with E-state index in [0.717, 1.165) is 17.0 Å². The lowest BCUT2D eigenvalue weighted by atomic mass is 9.73. The molecule has 1 saturated carbocycles. The fraction of sp³-hybridized carbons (Fsp3) is 0.692. The van der Waals surface area contributed by atoms with Crippen LogP contribution in [0.15, 0.2) is 18.2 Å². The van der Waals surface area contributed by atoms with Crippen molar-refractivity contribution >= 4 is 11.8 Å². The molecule has 4 rings (SSSR count). The Balaban J connectivity index is 1.61. The maximum absolute atomic E-state index is 14.0. The number of carbonyl (C=O) groups is 2. The highest BCUT2D eigenvalue weighted by atomic mass is 19.4. The number of halogens is 6. The highest BCUT2D eigenvalue weighted by Gasteiger charge is 2.55. The molecule has 6 nitrogen and oxygen atoms in total. The SMILES string of the molecule is CC(C)[C@]1(C(=O)N2Cc3cc(C(F)(F)F)ccc3C(N)C2)CCC(N(C(=O)C(F)(F)F)C2CCOCC2)C1. The summed E-state index contributed by atoms with van der Waals surface area (Å²) in [6.07, 6.45) is -8.52. The molecule has 0 bridgehead atoms. The van der Waals surface area contributed by atoms with E-state index >= 15 is 0 Å². The van der Waals surface area contributed by atoms with Crippen molar-refractivity contribution in [3.8, 4) is 0 Å². The van der Waals surface area contributed by atoms with Gasteiger partial charge in [0.15, 0.2) is 0 Å². The fourth-order valence-electron chi connectivity index (χ4n) is 6.35. The van der Waals surface area contributed by atoms with Crippen LogP contribution in [0.5, 0.6) is 0 Å². The van der Waals surface area contributed by atoms with Gasteiger partial charge >= 0.3 is 18.3 Å². The summed E-state index contributed by atoms with van der Waals surface area (Å²) in [5.74, 6) is -2.54. The molecule has 3 atom stereocenters. The maximum atomic E-state index is 14.0. The number of hydrogen-bond acceptors (Lipinski definition) is 4. The van der Waals surface area contributed by atoms with Crippen molar-refractivity contribution in [3.63, 3.8) is 0 Å². The van der Waals surface area contributed by atoms with Gasteiger partial charge in [0.1, 0.15) is 0 Å². The summed E-state index contributed by atoms with van der Waals surface area (Å²) in [5.41, 5.74) is 5.17. The van der Waals surface area contributed by atoms with Crippen molar-refractivity contribution in [2.75, 3.05) is 19.8 Å². The van der Waals surface area contributed by atoms with Gasteiger partial charge in [-0.15, -0.1) is 0 Å². The van der Waals surface area contributed by atoms with Crippen LogP contribution in [0.1, 0.15) is 68.7 Å². The smallest absolute Gasteiger partial charge is 0.381 e. The second-order valence-electron chi connectivity index (χ2n) is 11.0. The largest absolute Gasteiger partial charge is 0.471 e. The molecule has 0 aromatic heterocycles. The molecule has 2 amide bonds. The van der Waals surface area contributed by atoms with E-state index in [-0.39, 0.29) is 70.2 Å². The molecule has 3 aliphatic rings. The first kappa shape index (κ1) is 28.7. The third kappa shape index (κ3) is 5.38. The van der Waals surface area contributed by atoms with E-state index in [9.17, 15) is 35.9 Å². The van der Waals surface area contributed by atoms with Crippen LogP contribution < -0.4 is 5.73 Å². The molecule has 2 fully saturated rings. The molecule has 38 heavy (non-hydrogen) atoms. The number of alkyl halides is 6. The lowest BCUT2D eigenvalue weighted by Gasteiger charge is -2.43. The van der Waals surface area contributed by atoms with Crippen LogP contribution >= 0.6 is 0 Å². The van der Waals surface area contributed by atoms with Crippen molar-refractivity contribution in [2.24, 2.45) is 17.1 Å². The van der Waals surface area contributed by atoms with Crippen molar-refractivity contribution in [1.82, 2.24) is 9.80 Å². The molecule has 0 radical (unpaired) electrons. The first-order chi connectivity index (χ1) is 17.6. The Morgan fingerprint density at radius 2 is 1.74 bits per heavy atom. The number of amides is 2. The second kappa shape index (κ2) is 10.3. The number of nitrogens with two attached hydrogens (primary N) is 1. The molecule has 2 heterocycles. The minimum absolute atomic E-state index is 0.0455. The van der Waals surface area contributed by atoms with Crippen LogP contribution in [0.4, 0.5) is 26.3 Å². The van der Waals surface area contributed by atoms with Crippen molar-refractivity contribution in [1.29, 1.82) is 0 Å². The van der Waals surface area contributed by atoms with Gasteiger partial charge < -0.3 is 20.3 Å². The van der Waals surface area contributed by atoms with E-state index < -0.39 is 47.4 Å². The Morgan fingerprint density at radius 3 is 2.32 bits per heavy atom. The molecule has 0 spiro atoms. The van der Waals surface area contributed by atoms with E-state index in [1.807, 2.05) is 13.8 Å². The normalized spacial score (nSPS) is 26.9. The van der Waals surface area contributed by atoms with Crippen LogP contribution in [0.3, 0.4) is 0 Å². The summed E-state index contributed by atoms with van der Waals surface area (Å²) >= 11 is 0. The summed E-state index contributed by atoms with van der Waals surface area (Å²) in [5, 5.41) is 0. The van der Waals surface area contributed by atoms with Gasteiger partial charge in [0.2, 0.25) is 5.91 Å². The average Bonchev–Trinajstić information content (AvgIpc) is 3.29. The standard InChI is InChI=1S/C26H33F6N3O3/c1-15(2)24(8-5-19(12-24)35(23(37)26(30,31)32)18-6-9-38-10-7-18)22(36)34-13-16-11-17(25(27,28)29)3-4-20(16)21(33)14-34/h3-4,11,15,18-19,21H,5-10,12-14,33H2,1-2H3/t19?,21?,24-/m0/s1. The zero-order chi connectivity index (χ0) is 28.0. The van der Waals surface area contributed by atoms with E-state index in [1.165, 1.54) is 11.0 Å². The lowest BCUT2D eigenvalue weighted by molar-refractivity contribution is -0.192. The molecule has 1 aromatic rings. The Hall–Kier alpha value is -2.34. The molecule has 2 unspecified atom stereocenters. The molecular formula is C26H33F6N3O3. The van der Waals surface area contributed by atoms with Crippen LogP contribution in [0.2, 0.25) is 0 Å². The number of carbonyl (C=O) groups excluding carboxylic acids is 2. The molecule has 2 N–H and O–H groups in total. The monoisotopic (exact) mass is 549 g/mol. The summed E-state index contributed by atoms with van der Waals surface area (Å²) in [6.45, 7) is 4.13. The van der Waals surface area contributed by atoms with Gasteiger partial charge in [-0.3, -0.25) is 9.59 Å². The van der Waals surface area contributed by atoms with Crippen LogP contribution in [-0.4, -0.2) is 59.6 Å². The second-order valence-corrected chi connectivity index (χ2v) is 11.0. The van der Waals surface area contributed by atoms with Gasteiger partial charge in [-0.1, -0.05) is 19.9 Å². The van der Waals surface area contributed by atoms with Gasteiger partial charge in [0.25, 0.3) is 0 Å². The molecule has 1 aromatic carbocycles. The fourth-order valence-corrected chi connectivity index (χ4v) is 6.35. The Kier molecular flexibility index (Phi) is 7.79. The van der Waals surface area contributed by atoms with Crippen LogP contribution in [0.25, 0.3) is 0 Å². The van der Waals surface area contributed by atoms with Gasteiger partial charge in [-0.2, -0.15) is 26.3 Å². The number of rotatable bonds is 4. The summed E-state index contributed by atoms with van der Waals surface area (Å²) in [4.78, 5) is 28.9. The highest BCUT2D eigenvalue weighted by molar-refractivity contribution is 5.85. The van der Waals surface area contributed by atoms with E-state index in [0.29, 0.717) is 11.1 Å². The number of ether oxygens (including phenoxy) is 1. The molecule has 2 aliphatic heterocycles. The summed E-state index contributed by atoms with van der Waals surface area (Å²) in [6, 6.07) is 1.18. The van der Waals surface area contributed by atoms with E-state index in [1.54, 1.807) is 0 Å². The van der Waals surface area contributed by atoms with Crippen molar-refractivity contribution < 1.29 is 40.7 Å². The maximum Gasteiger partial charge on any atom is 0.471 e. The predicted octanol–water partition coefficient (Wildman–Crippen LogP) is 4.81. The zero-order valence-electron chi connectivity index (χ0n) is 21.4. The molecule has 12 heteroatoms. The van der Waals surface area contributed by atoms with Gasteiger partial charge in [0, 0.05) is 44.4 Å². The average molecular weight is 550 g/mol. The number of hydrogen-bond donors (Lipinski definition) is 1. The van der Waals surface area contributed by atoms with Crippen LogP contribution in [0, 0.1) is 11.3 Å². The molecule has 1 saturated heterocycles. The van der Waals surface area contributed by atoms with Crippen molar-refractivity contribution in [2.45, 2.75) is 83.0 Å². The van der Waals surface area contributed by atoms with Crippen LogP contribution in [-0.2, 0) is 27.0 Å². The third-order valence-electron chi connectivity index (χ3n) is 8.44. The van der Waals surface area contributed by atoms with E-state index in [4.69, 9.17) is 10.5 Å². The summed E-state index contributed by atoms with van der Waals surface area (Å²) < 4.78 is 86.1. The Labute approximate surface area is 217 Å². The minimum atomic E-state index is -5.05. The van der Waals surface area contributed by atoms with Gasteiger partial charge in [0.05, 0.1) is 11.0 Å². The van der Waals surface area contributed by atoms with E-state index in [2.05, 4.69) is 0 Å².